The Morgan fingerprint density at radius 3 is 2.37 bits per heavy atom. The lowest BCUT2D eigenvalue weighted by molar-refractivity contribution is -0.146. The SMILES string of the molecule is O=C(O)C1CN(C(=O)C2CCN(C(=O)c3ccccc3Cl)CC2)CC12CCOCC2. The molecule has 1 spiro atoms. The summed E-state index contributed by atoms with van der Waals surface area (Å²) in [4.78, 5) is 41.3. The standard InChI is InChI=1S/C22H27ClN2O5/c23-18-4-2-1-3-16(18)20(27)24-9-5-15(6-10-24)19(26)25-13-17(21(28)29)22(14-25)7-11-30-12-8-22/h1-4,15,17H,5-14H2,(H,28,29). The molecule has 3 aliphatic rings. The van der Waals surface area contributed by atoms with E-state index in [1.54, 1.807) is 34.1 Å². The van der Waals surface area contributed by atoms with Gasteiger partial charge >= 0.3 is 5.97 Å². The van der Waals surface area contributed by atoms with Gasteiger partial charge in [0.05, 0.1) is 16.5 Å². The van der Waals surface area contributed by atoms with Crippen molar-refractivity contribution in [3.63, 3.8) is 0 Å². The second-order valence-corrected chi connectivity index (χ2v) is 9.04. The number of likely N-dealkylation sites (tertiary alicyclic amines) is 2. The van der Waals surface area contributed by atoms with Gasteiger partial charge in [-0.1, -0.05) is 23.7 Å². The van der Waals surface area contributed by atoms with Crippen LogP contribution in [0.15, 0.2) is 24.3 Å². The van der Waals surface area contributed by atoms with Crippen LogP contribution in [-0.2, 0) is 14.3 Å². The third kappa shape index (κ3) is 3.93. The molecule has 2 amide bonds. The van der Waals surface area contributed by atoms with E-state index in [0.717, 1.165) is 0 Å². The number of hydrogen-bond acceptors (Lipinski definition) is 4. The fourth-order valence-corrected chi connectivity index (χ4v) is 5.37. The number of aliphatic carboxylic acids is 1. The molecule has 0 aliphatic carbocycles. The van der Waals surface area contributed by atoms with Crippen LogP contribution in [0.5, 0.6) is 0 Å². The summed E-state index contributed by atoms with van der Waals surface area (Å²) in [5, 5.41) is 10.2. The number of piperidine rings is 1. The van der Waals surface area contributed by atoms with E-state index >= 15 is 0 Å². The first kappa shape index (κ1) is 21.1. The maximum absolute atomic E-state index is 13.2. The molecule has 7 nitrogen and oxygen atoms in total. The Bertz CT molecular complexity index is 831. The molecule has 3 aliphatic heterocycles. The van der Waals surface area contributed by atoms with Crippen LogP contribution in [0.25, 0.3) is 0 Å². The summed E-state index contributed by atoms with van der Waals surface area (Å²) in [5.41, 5.74) is 0.106. The van der Waals surface area contributed by atoms with Gasteiger partial charge in [0.15, 0.2) is 0 Å². The number of carboxylic acid groups (broad SMARTS) is 1. The van der Waals surface area contributed by atoms with Gasteiger partial charge in [0.1, 0.15) is 0 Å². The van der Waals surface area contributed by atoms with Crippen LogP contribution in [-0.4, -0.2) is 72.1 Å². The van der Waals surface area contributed by atoms with Gasteiger partial charge in [0, 0.05) is 50.7 Å². The van der Waals surface area contributed by atoms with Crippen molar-refractivity contribution in [2.75, 3.05) is 39.4 Å². The Morgan fingerprint density at radius 2 is 1.73 bits per heavy atom. The van der Waals surface area contributed by atoms with E-state index in [0.29, 0.717) is 69.1 Å². The van der Waals surface area contributed by atoms with Crippen LogP contribution < -0.4 is 0 Å². The van der Waals surface area contributed by atoms with Gasteiger partial charge in [-0.3, -0.25) is 14.4 Å². The van der Waals surface area contributed by atoms with Crippen molar-refractivity contribution in [1.82, 2.24) is 9.80 Å². The first-order valence-corrected chi connectivity index (χ1v) is 10.9. The number of nitrogens with zero attached hydrogens (tertiary/aromatic N) is 2. The molecule has 0 bridgehead atoms. The Kier molecular flexibility index (Phi) is 6.02. The summed E-state index contributed by atoms with van der Waals surface area (Å²) in [7, 11) is 0. The summed E-state index contributed by atoms with van der Waals surface area (Å²) in [6.45, 7) is 2.85. The maximum atomic E-state index is 13.2. The lowest BCUT2D eigenvalue weighted by atomic mass is 9.72. The molecule has 1 aromatic rings. The lowest BCUT2D eigenvalue weighted by Gasteiger charge is -2.36. The third-order valence-corrected chi connectivity index (χ3v) is 7.31. The zero-order valence-corrected chi connectivity index (χ0v) is 17.6. The number of rotatable bonds is 3. The van der Waals surface area contributed by atoms with E-state index in [4.69, 9.17) is 16.3 Å². The molecule has 1 unspecified atom stereocenters. The molecular formula is C22H27ClN2O5. The minimum atomic E-state index is -0.827. The average Bonchev–Trinajstić information content (AvgIpc) is 3.12. The van der Waals surface area contributed by atoms with E-state index < -0.39 is 11.9 Å². The Balaban J connectivity index is 1.38. The summed E-state index contributed by atoms with van der Waals surface area (Å²) in [5.74, 6) is -1.63. The number of ether oxygens (including phenoxy) is 1. The zero-order chi connectivity index (χ0) is 21.3. The third-order valence-electron chi connectivity index (χ3n) is 6.98. The molecule has 0 saturated carbocycles. The second kappa shape index (κ2) is 8.55. The number of hydrogen-bond donors (Lipinski definition) is 1. The van der Waals surface area contributed by atoms with Gasteiger partial charge in [0.25, 0.3) is 5.91 Å². The van der Waals surface area contributed by atoms with E-state index in [-0.39, 0.29) is 29.7 Å². The van der Waals surface area contributed by atoms with E-state index in [1.165, 1.54) is 0 Å². The topological polar surface area (TPSA) is 87.2 Å². The normalized spacial score (nSPS) is 24.2. The highest BCUT2D eigenvalue weighted by molar-refractivity contribution is 6.33. The fraction of sp³-hybridized carbons (Fsp3) is 0.591. The molecule has 8 heteroatoms. The summed E-state index contributed by atoms with van der Waals surface area (Å²) < 4.78 is 5.43. The summed E-state index contributed by atoms with van der Waals surface area (Å²) in [6.07, 6.45) is 2.52. The van der Waals surface area contributed by atoms with Crippen molar-refractivity contribution < 1.29 is 24.2 Å². The van der Waals surface area contributed by atoms with Crippen LogP contribution in [0.4, 0.5) is 0 Å². The molecule has 4 rings (SSSR count). The van der Waals surface area contributed by atoms with Gasteiger partial charge in [-0.2, -0.15) is 0 Å². The molecule has 3 heterocycles. The number of amides is 2. The molecule has 162 valence electrons. The van der Waals surface area contributed by atoms with Crippen molar-refractivity contribution in [1.29, 1.82) is 0 Å². The van der Waals surface area contributed by atoms with Crippen LogP contribution in [0.3, 0.4) is 0 Å². The van der Waals surface area contributed by atoms with Gasteiger partial charge in [0.2, 0.25) is 5.91 Å². The highest BCUT2D eigenvalue weighted by Gasteiger charge is 2.52. The second-order valence-electron chi connectivity index (χ2n) is 8.63. The Morgan fingerprint density at radius 1 is 1.07 bits per heavy atom. The largest absolute Gasteiger partial charge is 0.481 e. The Hall–Kier alpha value is -2.12. The summed E-state index contributed by atoms with van der Waals surface area (Å²) in [6, 6.07) is 6.98. The number of carbonyl (C=O) groups is 3. The molecule has 3 saturated heterocycles. The molecule has 3 fully saturated rings. The smallest absolute Gasteiger partial charge is 0.308 e. The van der Waals surface area contributed by atoms with Gasteiger partial charge < -0.3 is 19.6 Å². The first-order valence-electron chi connectivity index (χ1n) is 10.5. The van der Waals surface area contributed by atoms with E-state index in [9.17, 15) is 19.5 Å². The van der Waals surface area contributed by atoms with E-state index in [2.05, 4.69) is 0 Å². The molecule has 0 radical (unpaired) electrons. The highest BCUT2D eigenvalue weighted by Crippen LogP contribution is 2.45. The number of carboxylic acids is 1. The Labute approximate surface area is 180 Å². The van der Waals surface area contributed by atoms with E-state index in [1.807, 2.05) is 0 Å². The summed E-state index contributed by atoms with van der Waals surface area (Å²) >= 11 is 6.15. The quantitative estimate of drug-likeness (QED) is 0.789. The maximum Gasteiger partial charge on any atom is 0.308 e. The number of benzene rings is 1. The fourth-order valence-electron chi connectivity index (χ4n) is 5.15. The van der Waals surface area contributed by atoms with Crippen molar-refractivity contribution in [3.8, 4) is 0 Å². The average molecular weight is 435 g/mol. The minimum Gasteiger partial charge on any atom is -0.481 e. The first-order chi connectivity index (χ1) is 14.4. The lowest BCUT2D eigenvalue weighted by Crippen LogP contribution is -2.44. The van der Waals surface area contributed by atoms with Gasteiger partial charge in [-0.25, -0.2) is 0 Å². The van der Waals surface area contributed by atoms with Gasteiger partial charge in [-0.05, 0) is 37.8 Å². The van der Waals surface area contributed by atoms with Crippen LogP contribution in [0.1, 0.15) is 36.0 Å². The zero-order valence-electron chi connectivity index (χ0n) is 16.9. The number of halogens is 1. The molecular weight excluding hydrogens is 408 g/mol. The van der Waals surface area contributed by atoms with Crippen LogP contribution in [0.2, 0.25) is 5.02 Å². The molecule has 1 atom stereocenters. The van der Waals surface area contributed by atoms with Crippen molar-refractivity contribution >= 4 is 29.4 Å². The molecule has 1 aromatic carbocycles. The van der Waals surface area contributed by atoms with Crippen molar-refractivity contribution in [3.05, 3.63) is 34.9 Å². The predicted molar refractivity (Wildman–Crippen MR) is 110 cm³/mol. The molecule has 0 aromatic heterocycles. The highest BCUT2D eigenvalue weighted by atomic mass is 35.5. The van der Waals surface area contributed by atoms with Gasteiger partial charge in [-0.15, -0.1) is 0 Å². The van der Waals surface area contributed by atoms with Crippen LogP contribution >= 0.6 is 11.6 Å². The minimum absolute atomic E-state index is 0.0226. The van der Waals surface area contributed by atoms with Crippen LogP contribution in [0, 0.1) is 17.3 Å². The van der Waals surface area contributed by atoms with Crippen molar-refractivity contribution in [2.24, 2.45) is 17.3 Å². The predicted octanol–water partition coefficient (Wildman–Crippen LogP) is 2.53. The van der Waals surface area contributed by atoms with Crippen molar-refractivity contribution in [2.45, 2.75) is 25.7 Å². The number of carbonyl (C=O) groups excluding carboxylic acids is 2. The molecule has 30 heavy (non-hydrogen) atoms. The monoisotopic (exact) mass is 434 g/mol. The molecule has 1 N–H and O–H groups in total.